The van der Waals surface area contributed by atoms with Gasteiger partial charge in [-0.3, -0.25) is 9.59 Å². The number of hydrogen-bond acceptors (Lipinski definition) is 6. The van der Waals surface area contributed by atoms with Gasteiger partial charge in [0.15, 0.2) is 0 Å². The normalized spacial score (nSPS) is 12.8. The van der Waals surface area contributed by atoms with Crippen LogP contribution in [0, 0.1) is 0 Å². The van der Waals surface area contributed by atoms with Gasteiger partial charge in [-0.15, -0.1) is 0 Å². The molecule has 0 bridgehead atoms. The molecule has 0 amide bonds. The summed E-state index contributed by atoms with van der Waals surface area (Å²) in [4.78, 5) is 41.1. The summed E-state index contributed by atoms with van der Waals surface area (Å²) in [5.41, 5.74) is 0. The predicted molar refractivity (Wildman–Crippen MR) is 64.6 cm³/mol. The van der Waals surface area contributed by atoms with Gasteiger partial charge in [-0.2, -0.15) is 0 Å². The molecule has 0 aromatic carbocycles. The van der Waals surface area contributed by atoms with Crippen LogP contribution in [-0.2, 0) is 28.7 Å². The van der Waals surface area contributed by atoms with Crippen LogP contribution in [0.15, 0.2) is 0 Å². The van der Waals surface area contributed by atoms with Crippen molar-refractivity contribution >= 4 is 23.9 Å². The van der Waals surface area contributed by atoms with E-state index in [4.69, 9.17) is 0 Å². The van der Waals surface area contributed by atoms with E-state index in [-0.39, 0.29) is 12.8 Å². The molecule has 6 nitrogen and oxygen atoms in total. The van der Waals surface area contributed by atoms with Crippen LogP contribution in [0.3, 0.4) is 0 Å². The Morgan fingerprint density at radius 1 is 0.667 bits per heavy atom. The molecule has 0 rings (SSSR count). The molecule has 0 saturated heterocycles. The van der Waals surface area contributed by atoms with Crippen LogP contribution in [0.1, 0.15) is 26.7 Å². The Balaban J connectivity index is 0. The maximum atomic E-state index is 12.0. The Bertz CT molecular complexity index is 402. The molecule has 0 aromatic heterocycles. The van der Waals surface area contributed by atoms with Gasteiger partial charge < -0.3 is 9.47 Å². The number of carbonyl (C=O) groups is 4. The third kappa shape index (κ3) is 10.6. The zero-order valence-corrected chi connectivity index (χ0v) is 12.4. The highest BCUT2D eigenvalue weighted by molar-refractivity contribution is 5.88. The molecular weight excluding hydrogens is 354 g/mol. The molecule has 0 aromatic rings. The fraction of sp³-hybridized carbons (Fsp3) is 0.667. The summed E-state index contributed by atoms with van der Waals surface area (Å²) in [6.07, 6.45) is -13.3. The maximum absolute atomic E-state index is 12.0. The fourth-order valence-electron chi connectivity index (χ4n) is 0.687. The number of carbonyl (C=O) groups excluding carboxylic acids is 4. The van der Waals surface area contributed by atoms with Crippen LogP contribution in [0.4, 0.5) is 26.3 Å². The van der Waals surface area contributed by atoms with Crippen LogP contribution in [0.25, 0.3) is 0 Å². The number of alkyl halides is 6. The third-order valence-electron chi connectivity index (χ3n) is 1.90. The lowest BCUT2D eigenvalue weighted by atomic mass is 10.4. The van der Waals surface area contributed by atoms with Crippen molar-refractivity contribution in [1.82, 2.24) is 0 Å². The topological polar surface area (TPSA) is 86.7 Å². The average Bonchev–Trinajstić information content (AvgIpc) is 2.52. The zero-order valence-electron chi connectivity index (χ0n) is 12.4. The molecule has 0 radical (unpaired) electrons. The van der Waals surface area contributed by atoms with E-state index in [0.717, 1.165) is 0 Å². The first-order valence-corrected chi connectivity index (χ1v) is 6.31. The second-order valence-electron chi connectivity index (χ2n) is 3.77. The first-order chi connectivity index (χ1) is 11.0. The van der Waals surface area contributed by atoms with Gasteiger partial charge in [-0.05, 0) is 0 Å². The van der Waals surface area contributed by atoms with Crippen molar-refractivity contribution in [2.24, 2.45) is 0 Å². The number of ether oxygens (including phenoxy) is 2. The fourth-order valence-corrected chi connectivity index (χ4v) is 0.687. The Kier molecular flexibility index (Phi) is 12.4. The van der Waals surface area contributed by atoms with Gasteiger partial charge in [0.1, 0.15) is 0 Å². The van der Waals surface area contributed by atoms with Gasteiger partial charge in [-0.25, -0.2) is 35.9 Å². The van der Waals surface area contributed by atoms with Crippen molar-refractivity contribution in [3.05, 3.63) is 0 Å². The molecule has 0 saturated carbocycles. The first kappa shape index (κ1) is 24.1. The minimum absolute atomic E-state index is 0.165. The monoisotopic (exact) mass is 368 g/mol. The van der Waals surface area contributed by atoms with Crippen molar-refractivity contribution in [3.63, 3.8) is 0 Å². The van der Waals surface area contributed by atoms with Crippen LogP contribution in [0.2, 0.25) is 0 Å². The summed E-state index contributed by atoms with van der Waals surface area (Å²) in [5.74, 6) is -5.72. The largest absolute Gasteiger partial charge is 0.391 e. The smallest absolute Gasteiger partial charge is 0.354 e. The molecule has 0 aliphatic rings. The van der Waals surface area contributed by atoms with Gasteiger partial charge in [-0.1, -0.05) is 13.8 Å². The van der Waals surface area contributed by atoms with Crippen LogP contribution < -0.4 is 0 Å². The van der Waals surface area contributed by atoms with Crippen molar-refractivity contribution in [3.8, 4) is 0 Å². The lowest BCUT2D eigenvalue weighted by Gasteiger charge is -2.04. The third-order valence-corrected chi connectivity index (χ3v) is 1.90. The molecule has 12 heteroatoms. The van der Waals surface area contributed by atoms with Crippen LogP contribution in [0.5, 0.6) is 0 Å². The summed E-state index contributed by atoms with van der Waals surface area (Å²) >= 11 is 0. The lowest BCUT2D eigenvalue weighted by molar-refractivity contribution is -0.168. The van der Waals surface area contributed by atoms with Crippen molar-refractivity contribution in [1.29, 1.82) is 0 Å². The number of hydrogen-bond donors (Lipinski definition) is 0. The Morgan fingerprint density at radius 3 is 1.08 bits per heavy atom. The van der Waals surface area contributed by atoms with E-state index in [1.165, 1.54) is 13.8 Å². The number of esters is 4. The molecule has 24 heavy (non-hydrogen) atoms. The zero-order chi connectivity index (χ0) is 19.4. The molecule has 140 valence electrons. The Labute approximate surface area is 132 Å². The first-order valence-electron chi connectivity index (χ1n) is 6.31. The van der Waals surface area contributed by atoms with Gasteiger partial charge in [0.25, 0.3) is 25.2 Å². The van der Waals surface area contributed by atoms with Gasteiger partial charge in [0.05, 0.1) is 0 Å². The molecule has 0 N–H and O–H groups in total. The molecule has 2 atom stereocenters. The van der Waals surface area contributed by atoms with E-state index in [0.29, 0.717) is 0 Å². The van der Waals surface area contributed by atoms with E-state index >= 15 is 0 Å². The SMILES string of the molecule is CCC(=O)OC(=O)C(F)C(F)F.CCC(=O)OC(=O)C(F)C(F)F. The minimum Gasteiger partial charge on any atom is -0.391 e. The van der Waals surface area contributed by atoms with Crippen LogP contribution in [-0.4, -0.2) is 49.1 Å². The van der Waals surface area contributed by atoms with E-state index in [1.807, 2.05) is 0 Å². The maximum Gasteiger partial charge on any atom is 0.354 e. The molecule has 0 aliphatic carbocycles. The highest BCUT2D eigenvalue weighted by atomic mass is 19.3. The highest BCUT2D eigenvalue weighted by Crippen LogP contribution is 2.08. The van der Waals surface area contributed by atoms with E-state index in [2.05, 4.69) is 9.47 Å². The Morgan fingerprint density at radius 2 is 0.917 bits per heavy atom. The molecule has 0 heterocycles. The quantitative estimate of drug-likeness (QED) is 0.406. The summed E-state index contributed by atoms with van der Waals surface area (Å²) in [5, 5.41) is 0. The Hall–Kier alpha value is -2.14. The van der Waals surface area contributed by atoms with E-state index in [1.54, 1.807) is 0 Å². The average molecular weight is 368 g/mol. The van der Waals surface area contributed by atoms with Gasteiger partial charge in [0, 0.05) is 12.8 Å². The predicted octanol–water partition coefficient (Wildman–Crippen LogP) is 2.14. The van der Waals surface area contributed by atoms with Crippen molar-refractivity contribution < 1.29 is 55.0 Å². The van der Waals surface area contributed by atoms with Gasteiger partial charge in [0.2, 0.25) is 0 Å². The summed E-state index contributed by atoms with van der Waals surface area (Å²) in [7, 11) is 0. The summed E-state index contributed by atoms with van der Waals surface area (Å²) in [6.45, 7) is 2.70. The lowest BCUT2D eigenvalue weighted by Crippen LogP contribution is -2.27. The van der Waals surface area contributed by atoms with Crippen molar-refractivity contribution in [2.45, 2.75) is 51.9 Å². The minimum atomic E-state index is -3.46. The van der Waals surface area contributed by atoms with Crippen LogP contribution >= 0.6 is 0 Å². The number of halogens is 6. The molecule has 2 unspecified atom stereocenters. The second-order valence-corrected chi connectivity index (χ2v) is 3.77. The molecule has 0 aliphatic heterocycles. The summed E-state index contributed by atoms with van der Waals surface area (Å²) < 4.78 is 77.2. The van der Waals surface area contributed by atoms with Crippen molar-refractivity contribution in [2.75, 3.05) is 0 Å². The van der Waals surface area contributed by atoms with E-state index in [9.17, 15) is 45.5 Å². The summed E-state index contributed by atoms with van der Waals surface area (Å²) in [6, 6.07) is 0. The van der Waals surface area contributed by atoms with E-state index < -0.39 is 49.1 Å². The molecule has 0 fully saturated rings. The number of rotatable bonds is 6. The highest BCUT2D eigenvalue weighted by Gasteiger charge is 2.31. The van der Waals surface area contributed by atoms with Gasteiger partial charge >= 0.3 is 23.9 Å². The standard InChI is InChI=1S/2C6H7F3O3/c2*1-2-3(10)12-6(11)4(7)5(8)9/h2*4-5H,2H2,1H3. The molecule has 0 spiro atoms. The molecular formula is C12H14F6O6. The second kappa shape index (κ2) is 12.3.